The van der Waals surface area contributed by atoms with Gasteiger partial charge in [-0.1, -0.05) is 12.1 Å². The van der Waals surface area contributed by atoms with Gasteiger partial charge in [0.1, 0.15) is 28.3 Å². The van der Waals surface area contributed by atoms with E-state index in [1.807, 2.05) is 11.4 Å². The third-order valence-corrected chi connectivity index (χ3v) is 4.84. The number of carbonyl (C=O) groups excluding carboxylic acids is 1. The van der Waals surface area contributed by atoms with Gasteiger partial charge in [0.05, 0.1) is 18.1 Å². The number of aromatic nitrogens is 1. The number of benzene rings is 1. The van der Waals surface area contributed by atoms with E-state index in [-0.39, 0.29) is 0 Å². The van der Waals surface area contributed by atoms with Gasteiger partial charge in [-0.3, -0.25) is 0 Å². The molecule has 4 aromatic rings. The van der Waals surface area contributed by atoms with E-state index in [1.165, 1.54) is 29.8 Å². The average molecular weight is 414 g/mol. The summed E-state index contributed by atoms with van der Waals surface area (Å²) in [5.74, 6) is 1.10. The van der Waals surface area contributed by atoms with Gasteiger partial charge < -0.3 is 13.6 Å². The maximum Gasteiger partial charge on any atom is 0.336 e. The van der Waals surface area contributed by atoms with Crippen LogP contribution in [-0.4, -0.2) is 11.0 Å². The van der Waals surface area contributed by atoms with Crippen molar-refractivity contribution in [3.63, 3.8) is 0 Å². The van der Waals surface area contributed by atoms with E-state index in [0.717, 1.165) is 5.56 Å². The second-order valence-electron chi connectivity index (χ2n) is 6.02. The molecule has 4 rings (SSSR count). The van der Waals surface area contributed by atoms with Crippen LogP contribution in [0, 0.1) is 11.3 Å². The van der Waals surface area contributed by atoms with Crippen molar-refractivity contribution in [3.8, 4) is 23.3 Å². The normalized spacial score (nSPS) is 11.5. The van der Waals surface area contributed by atoms with E-state index >= 15 is 0 Å². The number of nitrogens with zero attached hydrogens (tertiary/aromatic N) is 2. The van der Waals surface area contributed by atoms with Crippen molar-refractivity contribution < 1.29 is 18.4 Å². The monoisotopic (exact) mass is 414 g/mol. The van der Waals surface area contributed by atoms with Gasteiger partial charge in [0.15, 0.2) is 5.76 Å². The Morgan fingerprint density at radius 1 is 1.10 bits per heavy atom. The zero-order chi connectivity index (χ0) is 20.8. The quantitative estimate of drug-likeness (QED) is 0.175. The van der Waals surface area contributed by atoms with Crippen LogP contribution in [0.2, 0.25) is 0 Å². The van der Waals surface area contributed by atoms with E-state index < -0.39 is 5.97 Å². The number of carbonyl (C=O) groups is 1. The van der Waals surface area contributed by atoms with Gasteiger partial charge in [0, 0.05) is 11.5 Å². The average Bonchev–Trinajstić information content (AvgIpc) is 3.54. The molecule has 0 aliphatic rings. The number of rotatable bonds is 6. The van der Waals surface area contributed by atoms with Crippen LogP contribution < -0.4 is 4.74 Å². The van der Waals surface area contributed by atoms with Gasteiger partial charge in [-0.05, 0) is 54.1 Å². The third-order valence-electron chi connectivity index (χ3n) is 3.97. The van der Waals surface area contributed by atoms with E-state index in [1.54, 1.807) is 54.8 Å². The Labute approximate surface area is 176 Å². The molecule has 0 N–H and O–H groups in total. The molecule has 0 bridgehead atoms. The number of allylic oxidation sites excluding steroid dienone is 1. The van der Waals surface area contributed by atoms with Crippen LogP contribution in [0.15, 0.2) is 81.3 Å². The van der Waals surface area contributed by atoms with Crippen LogP contribution in [0.5, 0.6) is 5.75 Å². The lowest BCUT2D eigenvalue weighted by Gasteiger charge is -2.02. The summed E-state index contributed by atoms with van der Waals surface area (Å²) < 4.78 is 15.7. The van der Waals surface area contributed by atoms with Gasteiger partial charge >= 0.3 is 5.97 Å². The van der Waals surface area contributed by atoms with Crippen molar-refractivity contribution in [1.82, 2.24) is 4.98 Å². The van der Waals surface area contributed by atoms with Gasteiger partial charge in [-0.25, -0.2) is 9.78 Å². The van der Waals surface area contributed by atoms with Gasteiger partial charge in [0.2, 0.25) is 0 Å². The first-order chi connectivity index (χ1) is 14.7. The number of ether oxygens (including phenoxy) is 1. The maximum absolute atomic E-state index is 11.9. The molecule has 0 saturated carbocycles. The molecule has 30 heavy (non-hydrogen) atoms. The Kier molecular flexibility index (Phi) is 5.69. The maximum atomic E-state index is 11.9. The first-order valence-corrected chi connectivity index (χ1v) is 9.74. The van der Waals surface area contributed by atoms with Gasteiger partial charge in [-0.2, -0.15) is 5.26 Å². The molecule has 146 valence electrons. The fourth-order valence-electron chi connectivity index (χ4n) is 2.56. The van der Waals surface area contributed by atoms with Crippen molar-refractivity contribution in [2.75, 3.05) is 0 Å². The second kappa shape index (κ2) is 8.90. The molecule has 0 unspecified atom stereocenters. The lowest BCUT2D eigenvalue weighted by molar-refractivity contribution is -0.128. The second-order valence-corrected chi connectivity index (χ2v) is 6.88. The van der Waals surface area contributed by atoms with Crippen LogP contribution in [0.1, 0.15) is 16.3 Å². The Morgan fingerprint density at radius 2 is 1.90 bits per heavy atom. The molecule has 0 radical (unpaired) electrons. The molecule has 0 saturated heterocycles. The van der Waals surface area contributed by atoms with E-state index in [4.69, 9.17) is 13.6 Å². The number of thiazole rings is 1. The van der Waals surface area contributed by atoms with Crippen molar-refractivity contribution in [1.29, 1.82) is 5.26 Å². The summed E-state index contributed by atoms with van der Waals surface area (Å²) in [5.41, 5.74) is 1.90. The molecule has 0 atom stereocenters. The van der Waals surface area contributed by atoms with E-state index in [9.17, 15) is 10.1 Å². The summed E-state index contributed by atoms with van der Waals surface area (Å²) in [4.78, 5) is 16.3. The fraction of sp³-hybridized carbons (Fsp3) is 0. The molecule has 6 nitrogen and oxygen atoms in total. The number of esters is 1. The van der Waals surface area contributed by atoms with E-state index in [0.29, 0.717) is 33.5 Å². The summed E-state index contributed by atoms with van der Waals surface area (Å²) >= 11 is 1.37. The zero-order valence-corrected chi connectivity index (χ0v) is 16.3. The molecule has 0 aliphatic carbocycles. The summed E-state index contributed by atoms with van der Waals surface area (Å²) in [6, 6.07) is 16.1. The largest absolute Gasteiger partial charge is 0.465 e. The van der Waals surface area contributed by atoms with Crippen molar-refractivity contribution in [3.05, 3.63) is 88.8 Å². The Balaban J connectivity index is 1.44. The third kappa shape index (κ3) is 4.63. The molecular formula is C23H14N2O4S. The highest BCUT2D eigenvalue weighted by molar-refractivity contribution is 7.11. The first-order valence-electron chi connectivity index (χ1n) is 8.86. The minimum absolute atomic E-state index is 0.397. The highest BCUT2D eigenvalue weighted by Gasteiger charge is 2.11. The van der Waals surface area contributed by atoms with Crippen LogP contribution in [-0.2, 0) is 4.79 Å². The number of hydrogen-bond acceptors (Lipinski definition) is 7. The number of nitriles is 1. The Morgan fingerprint density at radius 3 is 2.60 bits per heavy atom. The molecular weight excluding hydrogens is 400 g/mol. The predicted octanol–water partition coefficient (Wildman–Crippen LogP) is 5.68. The van der Waals surface area contributed by atoms with E-state index in [2.05, 4.69) is 11.1 Å². The zero-order valence-electron chi connectivity index (χ0n) is 15.5. The first kappa shape index (κ1) is 19.2. The van der Waals surface area contributed by atoms with Crippen molar-refractivity contribution >= 4 is 35.0 Å². The highest BCUT2D eigenvalue weighted by atomic mass is 32.1. The molecule has 0 amide bonds. The summed E-state index contributed by atoms with van der Waals surface area (Å²) in [6.45, 7) is 0. The van der Waals surface area contributed by atoms with Crippen molar-refractivity contribution in [2.24, 2.45) is 0 Å². The predicted molar refractivity (Wildman–Crippen MR) is 113 cm³/mol. The minimum Gasteiger partial charge on any atom is -0.465 e. The Hall–Kier alpha value is -4.15. The lowest BCUT2D eigenvalue weighted by atomic mass is 10.1. The Bertz CT molecular complexity index is 1230. The van der Waals surface area contributed by atoms with Crippen LogP contribution in [0.4, 0.5) is 0 Å². The molecule has 3 aromatic heterocycles. The number of furan rings is 2. The molecule has 0 aliphatic heterocycles. The highest BCUT2D eigenvalue weighted by Crippen LogP contribution is 2.27. The molecule has 3 heterocycles. The summed E-state index contributed by atoms with van der Waals surface area (Å²) in [5, 5.41) is 12.0. The molecule has 0 fully saturated rings. The SMILES string of the molecule is N#C/C(=C\c1ccc(OC(=O)/C=C/c2ccco2)cc1)c1nc(-c2ccco2)cs1. The van der Waals surface area contributed by atoms with Crippen molar-refractivity contribution in [2.45, 2.75) is 0 Å². The smallest absolute Gasteiger partial charge is 0.336 e. The fourth-order valence-corrected chi connectivity index (χ4v) is 3.34. The molecule has 7 heteroatoms. The molecule has 1 aromatic carbocycles. The van der Waals surface area contributed by atoms with Gasteiger partial charge in [0.25, 0.3) is 0 Å². The topological polar surface area (TPSA) is 89.3 Å². The standard InChI is InChI=1S/C23H14N2O4S/c24-14-17(23-25-20(15-30-23)21-4-2-12-28-21)13-16-5-7-19(8-6-16)29-22(26)10-9-18-3-1-11-27-18/h1-13,15H/b10-9+,17-13+. The lowest BCUT2D eigenvalue weighted by Crippen LogP contribution is -2.03. The summed E-state index contributed by atoms with van der Waals surface area (Å²) in [6.07, 6.45) is 7.66. The number of hydrogen-bond donors (Lipinski definition) is 0. The molecule has 0 spiro atoms. The van der Waals surface area contributed by atoms with Gasteiger partial charge in [-0.15, -0.1) is 11.3 Å². The minimum atomic E-state index is -0.513. The van der Waals surface area contributed by atoms with Crippen LogP contribution in [0.3, 0.4) is 0 Å². The summed E-state index contributed by atoms with van der Waals surface area (Å²) in [7, 11) is 0. The van der Waals surface area contributed by atoms with Crippen LogP contribution >= 0.6 is 11.3 Å². The van der Waals surface area contributed by atoms with Crippen LogP contribution in [0.25, 0.3) is 29.2 Å².